The maximum absolute atomic E-state index is 11.3. The molecule has 1 aromatic rings. The van der Waals surface area contributed by atoms with Crippen LogP contribution in [-0.2, 0) is 16.1 Å². The van der Waals surface area contributed by atoms with Gasteiger partial charge in [0.1, 0.15) is 0 Å². The van der Waals surface area contributed by atoms with E-state index in [0.29, 0.717) is 25.1 Å². The van der Waals surface area contributed by atoms with Gasteiger partial charge in [0, 0.05) is 18.2 Å². The van der Waals surface area contributed by atoms with Crippen molar-refractivity contribution in [1.82, 2.24) is 10.5 Å². The number of rotatable bonds is 6. The lowest BCUT2D eigenvalue weighted by atomic mass is 10.2. The second-order valence-corrected chi connectivity index (χ2v) is 3.64. The van der Waals surface area contributed by atoms with Crippen LogP contribution in [0.3, 0.4) is 0 Å². The highest BCUT2D eigenvalue weighted by Crippen LogP contribution is 2.03. The number of ether oxygens (including phenoxy) is 1. The number of nitrogens with one attached hydrogen (secondary N) is 1. The normalized spacial score (nSPS) is 11.6. The third kappa shape index (κ3) is 4.40. The zero-order valence-electron chi connectivity index (χ0n) is 10.4. The topological polar surface area (TPSA) is 64.4 Å². The summed E-state index contributed by atoms with van der Waals surface area (Å²) in [7, 11) is 1.39. The Kier molecular flexibility index (Phi) is 5.42. The molecule has 0 aliphatic heterocycles. The second kappa shape index (κ2) is 6.85. The molecule has 1 rings (SSSR count). The van der Waals surface area contributed by atoms with Crippen molar-refractivity contribution in [2.24, 2.45) is 0 Å². The Balaban J connectivity index is 2.35. The third-order valence-corrected chi connectivity index (χ3v) is 2.30. The van der Waals surface area contributed by atoms with Gasteiger partial charge in [-0.3, -0.25) is 0 Å². The first kappa shape index (κ1) is 13.4. The van der Waals surface area contributed by atoms with Gasteiger partial charge in [0.15, 0.2) is 5.76 Å². The molecule has 17 heavy (non-hydrogen) atoms. The van der Waals surface area contributed by atoms with Crippen LogP contribution in [-0.4, -0.2) is 24.8 Å². The molecule has 0 amide bonds. The van der Waals surface area contributed by atoms with Gasteiger partial charge in [-0.2, -0.15) is 0 Å². The summed E-state index contributed by atoms with van der Waals surface area (Å²) in [5.74, 6) is 0.511. The van der Waals surface area contributed by atoms with Gasteiger partial charge >= 0.3 is 5.97 Å². The van der Waals surface area contributed by atoms with E-state index in [-0.39, 0.29) is 5.97 Å². The predicted molar refractivity (Wildman–Crippen MR) is 63.3 cm³/mol. The molecule has 0 bridgehead atoms. The van der Waals surface area contributed by atoms with Crippen LogP contribution in [0.2, 0.25) is 0 Å². The first-order valence-electron chi connectivity index (χ1n) is 5.57. The van der Waals surface area contributed by atoms with Crippen molar-refractivity contribution in [3.05, 3.63) is 29.2 Å². The zero-order valence-corrected chi connectivity index (χ0v) is 10.4. The van der Waals surface area contributed by atoms with Gasteiger partial charge in [-0.1, -0.05) is 18.2 Å². The summed E-state index contributed by atoms with van der Waals surface area (Å²) in [6.07, 6.45) is 2.49. The lowest BCUT2D eigenvalue weighted by Gasteiger charge is -2.02. The first-order chi connectivity index (χ1) is 8.17. The molecule has 0 unspecified atom stereocenters. The SMILES string of the molecule is CCC(=CCNCc1cc(C)no1)C(=O)OC. The minimum Gasteiger partial charge on any atom is -0.466 e. The molecule has 1 heterocycles. The molecule has 0 spiro atoms. The lowest BCUT2D eigenvalue weighted by Crippen LogP contribution is -2.14. The van der Waals surface area contributed by atoms with Crippen LogP contribution < -0.4 is 5.32 Å². The zero-order chi connectivity index (χ0) is 12.7. The number of methoxy groups -OCH3 is 1. The highest BCUT2D eigenvalue weighted by Gasteiger charge is 2.05. The molecule has 0 aliphatic rings. The van der Waals surface area contributed by atoms with Crippen LogP contribution in [0.5, 0.6) is 0 Å². The summed E-state index contributed by atoms with van der Waals surface area (Å²) in [4.78, 5) is 11.3. The Morgan fingerprint density at radius 1 is 1.65 bits per heavy atom. The van der Waals surface area contributed by atoms with E-state index in [0.717, 1.165) is 11.5 Å². The predicted octanol–water partition coefficient (Wildman–Crippen LogP) is 1.58. The van der Waals surface area contributed by atoms with Gasteiger partial charge < -0.3 is 14.6 Å². The molecule has 1 aromatic heterocycles. The van der Waals surface area contributed by atoms with Gasteiger partial charge in [0.25, 0.3) is 0 Å². The minimum atomic E-state index is -0.273. The Morgan fingerprint density at radius 2 is 2.41 bits per heavy atom. The molecular weight excluding hydrogens is 220 g/mol. The number of carbonyl (C=O) groups excluding carboxylic acids is 1. The fourth-order valence-corrected chi connectivity index (χ4v) is 1.39. The smallest absolute Gasteiger partial charge is 0.333 e. The molecule has 0 radical (unpaired) electrons. The number of aryl methyl sites for hydroxylation is 1. The van der Waals surface area contributed by atoms with E-state index < -0.39 is 0 Å². The number of esters is 1. The molecule has 0 aliphatic carbocycles. The van der Waals surface area contributed by atoms with Crippen molar-refractivity contribution >= 4 is 5.97 Å². The molecule has 0 atom stereocenters. The van der Waals surface area contributed by atoms with Gasteiger partial charge in [0.2, 0.25) is 0 Å². The van der Waals surface area contributed by atoms with E-state index in [2.05, 4.69) is 15.2 Å². The Hall–Kier alpha value is -1.62. The van der Waals surface area contributed by atoms with Crippen molar-refractivity contribution in [3.8, 4) is 0 Å². The van der Waals surface area contributed by atoms with E-state index in [9.17, 15) is 4.79 Å². The Morgan fingerprint density at radius 3 is 2.94 bits per heavy atom. The number of nitrogens with zero attached hydrogens (tertiary/aromatic N) is 1. The number of hydrogen-bond donors (Lipinski definition) is 1. The summed E-state index contributed by atoms with van der Waals surface area (Å²) in [5.41, 5.74) is 1.54. The summed E-state index contributed by atoms with van der Waals surface area (Å²) in [5, 5.41) is 6.92. The Labute approximate surface area is 101 Å². The van der Waals surface area contributed by atoms with Crippen molar-refractivity contribution in [3.63, 3.8) is 0 Å². The van der Waals surface area contributed by atoms with Crippen LogP contribution in [0.25, 0.3) is 0 Å². The van der Waals surface area contributed by atoms with E-state index >= 15 is 0 Å². The highest BCUT2D eigenvalue weighted by molar-refractivity contribution is 5.88. The summed E-state index contributed by atoms with van der Waals surface area (Å²) in [6.45, 7) is 4.98. The molecular formula is C12H18N2O3. The van der Waals surface area contributed by atoms with Gasteiger partial charge in [0.05, 0.1) is 19.3 Å². The minimum absolute atomic E-state index is 0.273. The maximum atomic E-state index is 11.3. The Bertz CT molecular complexity index is 396. The van der Waals surface area contributed by atoms with Crippen molar-refractivity contribution in [2.45, 2.75) is 26.8 Å². The van der Waals surface area contributed by atoms with Crippen LogP contribution in [0.15, 0.2) is 22.2 Å². The summed E-state index contributed by atoms with van der Waals surface area (Å²) >= 11 is 0. The molecule has 0 saturated heterocycles. The monoisotopic (exact) mass is 238 g/mol. The lowest BCUT2D eigenvalue weighted by molar-refractivity contribution is -0.136. The summed E-state index contributed by atoms with van der Waals surface area (Å²) < 4.78 is 9.70. The maximum Gasteiger partial charge on any atom is 0.333 e. The van der Waals surface area contributed by atoms with E-state index in [1.807, 2.05) is 26.0 Å². The molecule has 5 nitrogen and oxygen atoms in total. The average Bonchev–Trinajstić information content (AvgIpc) is 2.74. The van der Waals surface area contributed by atoms with Gasteiger partial charge in [-0.25, -0.2) is 4.79 Å². The highest BCUT2D eigenvalue weighted by atomic mass is 16.5. The van der Waals surface area contributed by atoms with Crippen LogP contribution >= 0.6 is 0 Å². The summed E-state index contributed by atoms with van der Waals surface area (Å²) in [6, 6.07) is 1.87. The van der Waals surface area contributed by atoms with Crippen LogP contribution in [0, 0.1) is 6.92 Å². The second-order valence-electron chi connectivity index (χ2n) is 3.64. The molecule has 0 aromatic carbocycles. The molecule has 1 N–H and O–H groups in total. The van der Waals surface area contributed by atoms with Crippen molar-refractivity contribution in [1.29, 1.82) is 0 Å². The van der Waals surface area contributed by atoms with Crippen LogP contribution in [0.4, 0.5) is 0 Å². The number of hydrogen-bond acceptors (Lipinski definition) is 5. The molecule has 5 heteroatoms. The first-order valence-corrected chi connectivity index (χ1v) is 5.57. The number of aromatic nitrogens is 1. The standard InChI is InChI=1S/C12H18N2O3/c1-4-10(12(15)16-3)5-6-13-8-11-7-9(2)14-17-11/h5,7,13H,4,6,8H2,1-3H3. The van der Waals surface area contributed by atoms with Gasteiger partial charge in [-0.15, -0.1) is 0 Å². The third-order valence-electron chi connectivity index (χ3n) is 2.30. The molecule has 0 saturated carbocycles. The van der Waals surface area contributed by atoms with Crippen LogP contribution in [0.1, 0.15) is 24.8 Å². The number of carbonyl (C=O) groups is 1. The van der Waals surface area contributed by atoms with Crippen molar-refractivity contribution in [2.75, 3.05) is 13.7 Å². The van der Waals surface area contributed by atoms with E-state index in [4.69, 9.17) is 4.52 Å². The molecule has 94 valence electrons. The fourth-order valence-electron chi connectivity index (χ4n) is 1.39. The quantitative estimate of drug-likeness (QED) is 0.463. The van der Waals surface area contributed by atoms with Crippen molar-refractivity contribution < 1.29 is 14.1 Å². The van der Waals surface area contributed by atoms with Gasteiger partial charge in [-0.05, 0) is 13.3 Å². The van der Waals surface area contributed by atoms with E-state index in [1.54, 1.807) is 0 Å². The average molecular weight is 238 g/mol. The largest absolute Gasteiger partial charge is 0.466 e. The fraction of sp³-hybridized carbons (Fsp3) is 0.500. The molecule has 0 fully saturated rings. The van der Waals surface area contributed by atoms with E-state index in [1.165, 1.54) is 7.11 Å².